The first-order valence-corrected chi connectivity index (χ1v) is 9.46. The van der Waals surface area contributed by atoms with Crippen LogP contribution in [0.2, 0.25) is 0 Å². The van der Waals surface area contributed by atoms with Crippen molar-refractivity contribution in [2.24, 2.45) is 5.92 Å². The summed E-state index contributed by atoms with van der Waals surface area (Å²) in [4.78, 5) is 19.5. The maximum Gasteiger partial charge on any atom is 0.234 e. The molecule has 1 amide bonds. The van der Waals surface area contributed by atoms with Gasteiger partial charge >= 0.3 is 0 Å². The summed E-state index contributed by atoms with van der Waals surface area (Å²) in [5.41, 5.74) is 4.57. The molecule has 1 aliphatic carbocycles. The summed E-state index contributed by atoms with van der Waals surface area (Å²) in [6.07, 6.45) is 3.64. The third-order valence-electron chi connectivity index (χ3n) is 5.18. The third-order valence-corrected chi connectivity index (χ3v) is 5.18. The fourth-order valence-electron chi connectivity index (χ4n) is 3.50. The van der Waals surface area contributed by atoms with Crippen molar-refractivity contribution in [1.29, 1.82) is 0 Å². The smallest absolute Gasteiger partial charge is 0.234 e. The minimum absolute atomic E-state index is 0.0758. The first-order chi connectivity index (χ1) is 13.7. The highest BCUT2D eigenvalue weighted by atomic mass is 16.7. The largest absolute Gasteiger partial charge is 0.454 e. The summed E-state index contributed by atoms with van der Waals surface area (Å²) in [6, 6.07) is 17.8. The molecule has 0 unspecified atom stereocenters. The van der Waals surface area contributed by atoms with Gasteiger partial charge in [-0.3, -0.25) is 14.7 Å². The zero-order valence-corrected chi connectivity index (χ0v) is 15.6. The standard InChI is InChI=1S/C23H20N2O3/c1-15-20(16-5-3-2-4-6-16)11-19(13-24-15)25(23(26)17-7-8-17)18-9-10-21-22(12-18)28-14-27-21/h2-6,9-13,17H,7-8,14H2,1H3. The normalized spacial score (nSPS) is 14.8. The summed E-state index contributed by atoms with van der Waals surface area (Å²) in [5, 5.41) is 0. The number of rotatable bonds is 4. The second-order valence-electron chi connectivity index (χ2n) is 7.18. The third kappa shape index (κ3) is 2.99. The Labute approximate surface area is 163 Å². The van der Waals surface area contributed by atoms with Gasteiger partial charge in [0.15, 0.2) is 11.5 Å². The summed E-state index contributed by atoms with van der Waals surface area (Å²) >= 11 is 0. The molecule has 0 N–H and O–H groups in total. The predicted octanol–water partition coefficient (Wildman–Crippen LogP) is 4.86. The molecule has 1 saturated carbocycles. The molecule has 5 rings (SSSR count). The summed E-state index contributed by atoms with van der Waals surface area (Å²) < 4.78 is 10.9. The van der Waals surface area contributed by atoms with E-state index in [1.807, 2.05) is 49.4 Å². The quantitative estimate of drug-likeness (QED) is 0.656. The number of nitrogens with zero attached hydrogens (tertiary/aromatic N) is 2. The van der Waals surface area contributed by atoms with Gasteiger partial charge in [-0.05, 0) is 43.5 Å². The van der Waals surface area contributed by atoms with Gasteiger partial charge in [-0.25, -0.2) is 0 Å². The molecular weight excluding hydrogens is 352 g/mol. The van der Waals surface area contributed by atoms with E-state index in [0.29, 0.717) is 11.5 Å². The molecule has 28 heavy (non-hydrogen) atoms. The Morgan fingerprint density at radius 2 is 1.79 bits per heavy atom. The summed E-state index contributed by atoms with van der Waals surface area (Å²) in [5.74, 6) is 1.54. The lowest BCUT2D eigenvalue weighted by Gasteiger charge is -2.24. The second kappa shape index (κ2) is 6.68. The number of aryl methyl sites for hydroxylation is 1. The van der Waals surface area contributed by atoms with E-state index in [1.165, 1.54) is 0 Å². The van der Waals surface area contributed by atoms with Crippen LogP contribution in [0.3, 0.4) is 0 Å². The number of anilines is 2. The molecule has 1 aromatic heterocycles. The number of pyridine rings is 1. The number of carbonyl (C=O) groups is 1. The van der Waals surface area contributed by atoms with Gasteiger partial charge in [-0.1, -0.05) is 30.3 Å². The Bertz CT molecular complexity index is 1040. The number of carbonyl (C=O) groups excluding carboxylic acids is 1. The van der Waals surface area contributed by atoms with E-state index in [9.17, 15) is 4.79 Å². The molecule has 2 aromatic carbocycles. The lowest BCUT2D eigenvalue weighted by Crippen LogP contribution is -2.27. The maximum atomic E-state index is 13.2. The van der Waals surface area contributed by atoms with Crippen molar-refractivity contribution in [3.63, 3.8) is 0 Å². The highest BCUT2D eigenvalue weighted by molar-refractivity contribution is 6.03. The van der Waals surface area contributed by atoms with Gasteiger partial charge < -0.3 is 9.47 Å². The van der Waals surface area contributed by atoms with Crippen LogP contribution in [0.4, 0.5) is 11.4 Å². The number of aromatic nitrogens is 1. The van der Waals surface area contributed by atoms with Gasteiger partial charge in [-0.15, -0.1) is 0 Å². The Hall–Kier alpha value is -3.34. The van der Waals surface area contributed by atoms with Crippen molar-refractivity contribution in [1.82, 2.24) is 4.98 Å². The minimum Gasteiger partial charge on any atom is -0.454 e. The van der Waals surface area contributed by atoms with Crippen molar-refractivity contribution < 1.29 is 14.3 Å². The molecule has 2 aliphatic rings. The maximum absolute atomic E-state index is 13.2. The topological polar surface area (TPSA) is 51.7 Å². The monoisotopic (exact) mass is 372 g/mol. The van der Waals surface area contributed by atoms with Crippen LogP contribution in [-0.4, -0.2) is 17.7 Å². The molecule has 0 spiro atoms. The fourth-order valence-corrected chi connectivity index (χ4v) is 3.50. The van der Waals surface area contributed by atoms with E-state index < -0.39 is 0 Å². The second-order valence-corrected chi connectivity index (χ2v) is 7.18. The number of hydrogen-bond acceptors (Lipinski definition) is 4. The van der Waals surface area contributed by atoms with Crippen molar-refractivity contribution in [2.45, 2.75) is 19.8 Å². The molecule has 3 aromatic rings. The average Bonchev–Trinajstić information content (AvgIpc) is 3.48. The van der Waals surface area contributed by atoms with E-state index in [-0.39, 0.29) is 18.6 Å². The molecule has 0 radical (unpaired) electrons. The van der Waals surface area contributed by atoms with Crippen LogP contribution in [0.15, 0.2) is 60.8 Å². The molecule has 0 saturated heterocycles. The van der Waals surface area contributed by atoms with Gasteiger partial charge in [0.1, 0.15) is 0 Å². The van der Waals surface area contributed by atoms with Crippen LogP contribution in [0.1, 0.15) is 18.5 Å². The summed E-state index contributed by atoms with van der Waals surface area (Å²) in [7, 11) is 0. The Kier molecular flexibility index (Phi) is 4.01. The molecule has 0 atom stereocenters. The first kappa shape index (κ1) is 16.8. The van der Waals surface area contributed by atoms with E-state index >= 15 is 0 Å². The highest BCUT2D eigenvalue weighted by Crippen LogP contribution is 2.41. The van der Waals surface area contributed by atoms with Crippen molar-refractivity contribution in [2.75, 3.05) is 11.7 Å². The summed E-state index contributed by atoms with van der Waals surface area (Å²) in [6.45, 7) is 2.19. The molecule has 140 valence electrons. The molecule has 1 fully saturated rings. The van der Waals surface area contributed by atoms with Gasteiger partial charge in [0.05, 0.1) is 17.6 Å². The number of hydrogen-bond donors (Lipinski definition) is 0. The van der Waals surface area contributed by atoms with E-state index in [0.717, 1.165) is 41.0 Å². The van der Waals surface area contributed by atoms with Gasteiger partial charge in [0.25, 0.3) is 0 Å². The zero-order chi connectivity index (χ0) is 19.1. The zero-order valence-electron chi connectivity index (χ0n) is 15.6. The molecule has 2 heterocycles. The van der Waals surface area contributed by atoms with Gasteiger partial charge in [0, 0.05) is 23.2 Å². The van der Waals surface area contributed by atoms with Crippen molar-refractivity contribution in [3.05, 3.63) is 66.5 Å². The Morgan fingerprint density at radius 3 is 2.57 bits per heavy atom. The van der Waals surface area contributed by atoms with Crippen LogP contribution in [0.25, 0.3) is 11.1 Å². The fraction of sp³-hybridized carbons (Fsp3) is 0.217. The van der Waals surface area contributed by atoms with E-state index in [4.69, 9.17) is 9.47 Å². The number of benzene rings is 2. The lowest BCUT2D eigenvalue weighted by molar-refractivity contribution is -0.119. The highest BCUT2D eigenvalue weighted by Gasteiger charge is 2.35. The molecular formula is C23H20N2O3. The molecule has 0 bridgehead atoms. The lowest BCUT2D eigenvalue weighted by atomic mass is 10.0. The van der Waals surface area contributed by atoms with Crippen LogP contribution >= 0.6 is 0 Å². The van der Waals surface area contributed by atoms with Gasteiger partial charge in [0.2, 0.25) is 12.7 Å². The Morgan fingerprint density at radius 1 is 1.00 bits per heavy atom. The SMILES string of the molecule is Cc1ncc(N(C(=O)C2CC2)c2ccc3c(c2)OCO3)cc1-c1ccccc1. The van der Waals surface area contributed by atoms with Crippen molar-refractivity contribution >= 4 is 17.3 Å². The van der Waals surface area contributed by atoms with Crippen LogP contribution in [0.5, 0.6) is 11.5 Å². The molecule has 5 heteroatoms. The van der Waals surface area contributed by atoms with Crippen LogP contribution in [-0.2, 0) is 4.79 Å². The predicted molar refractivity (Wildman–Crippen MR) is 107 cm³/mol. The molecule has 5 nitrogen and oxygen atoms in total. The number of fused-ring (bicyclic) bond motifs is 1. The minimum atomic E-state index is 0.0758. The van der Waals surface area contributed by atoms with E-state index in [2.05, 4.69) is 17.1 Å². The molecule has 1 aliphatic heterocycles. The number of amides is 1. The average molecular weight is 372 g/mol. The van der Waals surface area contributed by atoms with Gasteiger partial charge in [-0.2, -0.15) is 0 Å². The van der Waals surface area contributed by atoms with E-state index in [1.54, 1.807) is 11.1 Å². The van der Waals surface area contributed by atoms with Crippen molar-refractivity contribution in [3.8, 4) is 22.6 Å². The Balaban J connectivity index is 1.61. The van der Waals surface area contributed by atoms with Crippen LogP contribution < -0.4 is 14.4 Å². The number of ether oxygens (including phenoxy) is 2. The van der Waals surface area contributed by atoms with Crippen LogP contribution in [0, 0.1) is 12.8 Å². The first-order valence-electron chi connectivity index (χ1n) is 9.46.